The van der Waals surface area contributed by atoms with Crippen molar-refractivity contribution in [3.63, 3.8) is 0 Å². The van der Waals surface area contributed by atoms with Gasteiger partial charge in [-0.15, -0.1) is 0 Å². The van der Waals surface area contributed by atoms with Crippen molar-refractivity contribution in [3.05, 3.63) is 90.8 Å². The van der Waals surface area contributed by atoms with Gasteiger partial charge in [-0.1, -0.05) is 49.6 Å². The third-order valence-electron chi connectivity index (χ3n) is 5.44. The lowest BCUT2D eigenvalue weighted by molar-refractivity contribution is 0.310. The lowest BCUT2D eigenvalue weighted by Gasteiger charge is -2.19. The second-order valence-electron chi connectivity index (χ2n) is 8.05. The molecule has 0 saturated heterocycles. The van der Waals surface area contributed by atoms with Gasteiger partial charge in [-0.3, -0.25) is 0 Å². The van der Waals surface area contributed by atoms with Gasteiger partial charge in [-0.05, 0) is 55.2 Å². The maximum Gasteiger partial charge on any atom is 0.321 e. The normalized spacial score (nSPS) is 13.6. The van der Waals surface area contributed by atoms with Crippen LogP contribution in [0.3, 0.4) is 0 Å². The fraction of sp³-hybridized carbons (Fsp3) is 0.296. The summed E-state index contributed by atoms with van der Waals surface area (Å²) in [6.07, 6.45) is 5.98. The first-order valence-corrected chi connectivity index (χ1v) is 11.5. The molecule has 0 atom stereocenters. The minimum Gasteiger partial charge on any atom is -0.490 e. The molecule has 0 unspecified atom stereocenters. The number of nitrogens with one attached hydrogen (secondary N) is 1. The van der Waals surface area contributed by atoms with Gasteiger partial charge in [0.05, 0.1) is 12.1 Å². The van der Waals surface area contributed by atoms with Gasteiger partial charge in [0.1, 0.15) is 30.5 Å². The van der Waals surface area contributed by atoms with E-state index in [4.69, 9.17) is 19.2 Å². The average Bonchev–Trinajstić information content (AvgIpc) is 3.62. The standard InChI is InChI=1S/C27H30N4O3/c1-4-16-33-22-12-10-21(11-13-22)27(14-15-27)31-25-28-24(29-26(30-25)32-6-3)19-20-8-7-9-23(18-20)34-17-5-2/h4-5,7-13,18H,1-2,6,14-17,19H2,3H3,(H,28,29,30,31). The van der Waals surface area contributed by atoms with Gasteiger partial charge in [0.2, 0.25) is 5.95 Å². The first-order chi connectivity index (χ1) is 16.6. The van der Waals surface area contributed by atoms with Gasteiger partial charge in [0, 0.05) is 6.42 Å². The van der Waals surface area contributed by atoms with Gasteiger partial charge < -0.3 is 19.5 Å². The monoisotopic (exact) mass is 458 g/mol. The molecule has 7 heteroatoms. The summed E-state index contributed by atoms with van der Waals surface area (Å²) < 4.78 is 16.9. The zero-order valence-corrected chi connectivity index (χ0v) is 19.5. The highest BCUT2D eigenvalue weighted by Gasteiger charge is 2.45. The SMILES string of the molecule is C=CCOc1ccc(C2(Nc3nc(Cc4cccc(OCC=C)c4)nc(OCC)n3)CC2)cc1. The van der Waals surface area contributed by atoms with Crippen LogP contribution in [0.2, 0.25) is 0 Å². The van der Waals surface area contributed by atoms with Crippen molar-refractivity contribution in [2.45, 2.75) is 31.7 Å². The van der Waals surface area contributed by atoms with Crippen molar-refractivity contribution in [1.29, 1.82) is 0 Å². The number of ether oxygens (including phenoxy) is 3. The molecule has 7 nitrogen and oxygen atoms in total. The largest absolute Gasteiger partial charge is 0.490 e. The average molecular weight is 459 g/mol. The summed E-state index contributed by atoms with van der Waals surface area (Å²) in [5.41, 5.74) is 2.01. The summed E-state index contributed by atoms with van der Waals surface area (Å²) >= 11 is 0. The molecule has 0 radical (unpaired) electrons. The Bertz CT molecular complexity index is 1130. The van der Waals surface area contributed by atoms with E-state index in [0.29, 0.717) is 44.0 Å². The van der Waals surface area contributed by atoms with Crippen LogP contribution in [0.4, 0.5) is 5.95 Å². The molecule has 0 aliphatic heterocycles. The first-order valence-electron chi connectivity index (χ1n) is 11.5. The molecule has 2 aromatic carbocycles. The molecule has 1 aliphatic carbocycles. The Labute approximate surface area is 200 Å². The maximum atomic E-state index is 5.65. The Hall–Kier alpha value is -3.87. The van der Waals surface area contributed by atoms with Crippen molar-refractivity contribution in [2.24, 2.45) is 0 Å². The van der Waals surface area contributed by atoms with E-state index in [2.05, 4.69) is 40.6 Å². The molecule has 4 rings (SSSR count). The van der Waals surface area contributed by atoms with E-state index in [1.165, 1.54) is 5.56 Å². The third-order valence-corrected chi connectivity index (χ3v) is 5.44. The van der Waals surface area contributed by atoms with Crippen molar-refractivity contribution in [3.8, 4) is 17.5 Å². The van der Waals surface area contributed by atoms with Crippen molar-refractivity contribution in [2.75, 3.05) is 25.1 Å². The van der Waals surface area contributed by atoms with Crippen LogP contribution in [0.25, 0.3) is 0 Å². The summed E-state index contributed by atoms with van der Waals surface area (Å²) in [6, 6.07) is 16.3. The first kappa shape index (κ1) is 23.3. The molecule has 1 saturated carbocycles. The summed E-state index contributed by atoms with van der Waals surface area (Å²) in [7, 11) is 0. The van der Waals surface area contributed by atoms with Gasteiger partial charge in [0.25, 0.3) is 0 Å². The predicted molar refractivity (Wildman–Crippen MR) is 133 cm³/mol. The predicted octanol–water partition coefficient (Wildman–Crippen LogP) is 5.09. The summed E-state index contributed by atoms with van der Waals surface area (Å²) in [6.45, 7) is 10.7. The lowest BCUT2D eigenvalue weighted by Crippen LogP contribution is -2.21. The molecule has 176 valence electrons. The van der Waals surface area contributed by atoms with E-state index in [-0.39, 0.29) is 5.54 Å². The molecule has 1 N–H and O–H groups in total. The van der Waals surface area contributed by atoms with E-state index < -0.39 is 0 Å². The highest BCUT2D eigenvalue weighted by Crippen LogP contribution is 2.48. The molecule has 1 aromatic heterocycles. The minimum absolute atomic E-state index is 0.197. The van der Waals surface area contributed by atoms with Crippen LogP contribution in [0.5, 0.6) is 17.5 Å². The Morgan fingerprint density at radius 1 is 0.912 bits per heavy atom. The van der Waals surface area contributed by atoms with Crippen molar-refractivity contribution < 1.29 is 14.2 Å². The van der Waals surface area contributed by atoms with Crippen molar-refractivity contribution >= 4 is 5.95 Å². The van der Waals surface area contributed by atoms with E-state index in [1.54, 1.807) is 12.2 Å². The minimum atomic E-state index is -0.197. The van der Waals surface area contributed by atoms with Crippen LogP contribution < -0.4 is 19.5 Å². The van der Waals surface area contributed by atoms with Gasteiger partial charge in [0.15, 0.2) is 0 Å². The van der Waals surface area contributed by atoms with E-state index in [1.807, 2.05) is 43.3 Å². The van der Waals surface area contributed by atoms with Crippen LogP contribution in [-0.4, -0.2) is 34.8 Å². The van der Waals surface area contributed by atoms with E-state index in [0.717, 1.165) is 29.9 Å². The van der Waals surface area contributed by atoms with Gasteiger partial charge in [-0.25, -0.2) is 0 Å². The molecule has 1 aliphatic rings. The molecule has 0 bridgehead atoms. The maximum absolute atomic E-state index is 5.65. The Morgan fingerprint density at radius 2 is 1.65 bits per heavy atom. The van der Waals surface area contributed by atoms with Crippen molar-refractivity contribution in [1.82, 2.24) is 15.0 Å². The summed E-state index contributed by atoms with van der Waals surface area (Å²) in [5, 5.41) is 3.54. The topological polar surface area (TPSA) is 78.4 Å². The number of rotatable bonds is 13. The number of benzene rings is 2. The van der Waals surface area contributed by atoms with Crippen LogP contribution in [0, 0.1) is 0 Å². The smallest absolute Gasteiger partial charge is 0.321 e. The summed E-state index contributed by atoms with van der Waals surface area (Å²) in [4.78, 5) is 13.7. The molecular weight excluding hydrogens is 428 g/mol. The molecule has 1 fully saturated rings. The quantitative estimate of drug-likeness (QED) is 0.357. The fourth-order valence-electron chi connectivity index (χ4n) is 3.66. The van der Waals surface area contributed by atoms with Crippen LogP contribution in [0.15, 0.2) is 73.8 Å². The molecule has 0 amide bonds. The molecular formula is C27H30N4O3. The van der Waals surface area contributed by atoms with Crippen LogP contribution in [-0.2, 0) is 12.0 Å². The van der Waals surface area contributed by atoms with Crippen LogP contribution >= 0.6 is 0 Å². The highest BCUT2D eigenvalue weighted by atomic mass is 16.5. The fourth-order valence-corrected chi connectivity index (χ4v) is 3.66. The van der Waals surface area contributed by atoms with E-state index >= 15 is 0 Å². The lowest BCUT2D eigenvalue weighted by atomic mass is 10.1. The summed E-state index contributed by atoms with van der Waals surface area (Å²) in [5.74, 6) is 2.75. The van der Waals surface area contributed by atoms with Gasteiger partial charge in [-0.2, -0.15) is 15.0 Å². The van der Waals surface area contributed by atoms with Gasteiger partial charge >= 0.3 is 6.01 Å². The number of hydrogen-bond donors (Lipinski definition) is 1. The third kappa shape index (κ3) is 5.92. The molecule has 1 heterocycles. The molecule has 0 spiro atoms. The molecule has 34 heavy (non-hydrogen) atoms. The number of aromatic nitrogens is 3. The highest BCUT2D eigenvalue weighted by molar-refractivity contribution is 5.44. The Morgan fingerprint density at radius 3 is 2.32 bits per heavy atom. The van der Waals surface area contributed by atoms with Crippen LogP contribution in [0.1, 0.15) is 36.7 Å². The second kappa shape index (κ2) is 10.8. The van der Waals surface area contributed by atoms with E-state index in [9.17, 15) is 0 Å². The number of nitrogens with zero attached hydrogens (tertiary/aromatic N) is 3. The number of anilines is 1. The Balaban J connectivity index is 1.53. The zero-order chi connectivity index (χ0) is 23.8. The number of hydrogen-bond acceptors (Lipinski definition) is 7. The molecule has 3 aromatic rings. The Kier molecular flexibility index (Phi) is 7.42. The zero-order valence-electron chi connectivity index (χ0n) is 19.5. The second-order valence-corrected chi connectivity index (χ2v) is 8.05.